The molecule has 0 N–H and O–H groups in total. The molecule has 3 nitrogen and oxygen atoms in total. The molecule has 0 fully saturated rings. The lowest BCUT2D eigenvalue weighted by Gasteiger charge is -2.11. The van der Waals surface area contributed by atoms with Gasteiger partial charge in [-0.15, -0.1) is 10.2 Å². The van der Waals surface area contributed by atoms with Gasteiger partial charge in [0.1, 0.15) is 5.82 Å². The van der Waals surface area contributed by atoms with E-state index in [2.05, 4.69) is 47.5 Å². The molecule has 0 bridgehead atoms. The SMILES string of the molecule is Cc1cc(C)c2c(c1)c(C)cc1nnc(SCc3c(F)cccc3Cl)n12. The van der Waals surface area contributed by atoms with Crippen molar-refractivity contribution in [3.05, 3.63) is 69.5 Å². The molecule has 0 saturated carbocycles. The zero-order valence-electron chi connectivity index (χ0n) is 14.7. The summed E-state index contributed by atoms with van der Waals surface area (Å²) in [6.07, 6.45) is 0. The van der Waals surface area contributed by atoms with Gasteiger partial charge in [0.25, 0.3) is 0 Å². The zero-order chi connectivity index (χ0) is 18.4. The van der Waals surface area contributed by atoms with Crippen molar-refractivity contribution in [3.63, 3.8) is 0 Å². The first-order valence-corrected chi connectivity index (χ1v) is 9.63. The van der Waals surface area contributed by atoms with Gasteiger partial charge in [-0.25, -0.2) is 4.39 Å². The molecule has 4 rings (SSSR count). The standard InChI is InChI=1S/C20H17ClFN3S/c1-11-7-13(3)19-14(8-11)12(2)9-18-23-24-20(25(18)19)26-10-15-16(21)5-4-6-17(15)22/h4-9H,10H2,1-3H3. The molecule has 2 heterocycles. The van der Waals surface area contributed by atoms with E-state index in [1.54, 1.807) is 12.1 Å². The van der Waals surface area contributed by atoms with Crippen LogP contribution in [-0.2, 0) is 5.75 Å². The Morgan fingerprint density at radius 2 is 1.88 bits per heavy atom. The summed E-state index contributed by atoms with van der Waals surface area (Å²) in [6, 6.07) is 11.1. The van der Waals surface area contributed by atoms with Crippen LogP contribution in [0.2, 0.25) is 5.02 Å². The highest BCUT2D eigenvalue weighted by Crippen LogP contribution is 2.32. The quantitative estimate of drug-likeness (QED) is 0.412. The summed E-state index contributed by atoms with van der Waals surface area (Å²) in [5, 5.41) is 11.0. The van der Waals surface area contributed by atoms with Crippen molar-refractivity contribution in [1.82, 2.24) is 14.6 Å². The highest BCUT2D eigenvalue weighted by molar-refractivity contribution is 7.98. The predicted octanol–water partition coefficient (Wildman–Crippen LogP) is 5.89. The van der Waals surface area contributed by atoms with Gasteiger partial charge in [0.15, 0.2) is 10.8 Å². The van der Waals surface area contributed by atoms with Crippen molar-refractivity contribution >= 4 is 39.9 Å². The third-order valence-electron chi connectivity index (χ3n) is 4.50. The summed E-state index contributed by atoms with van der Waals surface area (Å²) < 4.78 is 16.1. The molecule has 4 aromatic rings. The number of thioether (sulfide) groups is 1. The van der Waals surface area contributed by atoms with Crippen LogP contribution in [-0.4, -0.2) is 14.6 Å². The van der Waals surface area contributed by atoms with Gasteiger partial charge in [0.05, 0.1) is 5.52 Å². The Bertz CT molecular complexity index is 1130. The molecule has 132 valence electrons. The second kappa shape index (κ2) is 6.56. The molecule has 0 saturated heterocycles. The fraction of sp³-hybridized carbons (Fsp3) is 0.200. The van der Waals surface area contributed by atoms with E-state index >= 15 is 0 Å². The number of aromatic nitrogens is 3. The normalized spacial score (nSPS) is 11.6. The van der Waals surface area contributed by atoms with Crippen molar-refractivity contribution in [2.75, 3.05) is 0 Å². The van der Waals surface area contributed by atoms with Crippen molar-refractivity contribution in [3.8, 4) is 0 Å². The molecule has 6 heteroatoms. The van der Waals surface area contributed by atoms with Crippen LogP contribution in [0.4, 0.5) is 4.39 Å². The van der Waals surface area contributed by atoms with Crippen LogP contribution >= 0.6 is 23.4 Å². The minimum Gasteiger partial charge on any atom is -0.270 e. The largest absolute Gasteiger partial charge is 0.270 e. The topological polar surface area (TPSA) is 30.2 Å². The van der Waals surface area contributed by atoms with Gasteiger partial charge in [-0.05, 0) is 56.2 Å². The third kappa shape index (κ3) is 2.85. The van der Waals surface area contributed by atoms with E-state index in [9.17, 15) is 4.39 Å². The maximum Gasteiger partial charge on any atom is 0.196 e. The number of fused-ring (bicyclic) bond motifs is 3. The Morgan fingerprint density at radius 1 is 1.08 bits per heavy atom. The van der Waals surface area contributed by atoms with Gasteiger partial charge in [-0.3, -0.25) is 4.40 Å². The number of aryl methyl sites for hydroxylation is 3. The van der Waals surface area contributed by atoms with Gasteiger partial charge < -0.3 is 0 Å². The number of nitrogens with zero attached hydrogens (tertiary/aromatic N) is 3. The Hall–Kier alpha value is -2.11. The van der Waals surface area contributed by atoms with Crippen LogP contribution in [0.3, 0.4) is 0 Å². The maximum atomic E-state index is 14.1. The molecule has 0 amide bonds. The van der Waals surface area contributed by atoms with Crippen LogP contribution in [0.1, 0.15) is 22.3 Å². The lowest BCUT2D eigenvalue weighted by molar-refractivity contribution is 0.617. The van der Waals surface area contributed by atoms with Crippen molar-refractivity contribution in [1.29, 1.82) is 0 Å². The number of hydrogen-bond donors (Lipinski definition) is 0. The van der Waals surface area contributed by atoms with Gasteiger partial charge in [0.2, 0.25) is 0 Å². The highest BCUT2D eigenvalue weighted by Gasteiger charge is 2.15. The zero-order valence-corrected chi connectivity index (χ0v) is 16.2. The third-order valence-corrected chi connectivity index (χ3v) is 5.81. The first-order chi connectivity index (χ1) is 12.5. The molecular weight excluding hydrogens is 369 g/mol. The van der Waals surface area contributed by atoms with Gasteiger partial charge >= 0.3 is 0 Å². The van der Waals surface area contributed by atoms with Gasteiger partial charge in [-0.1, -0.05) is 41.1 Å². The van der Waals surface area contributed by atoms with E-state index in [1.807, 2.05) is 6.07 Å². The highest BCUT2D eigenvalue weighted by atomic mass is 35.5. The summed E-state index contributed by atoms with van der Waals surface area (Å²) in [5.41, 5.74) is 5.93. The number of halogens is 2. The molecule has 0 radical (unpaired) electrons. The van der Waals surface area contributed by atoms with E-state index in [0.717, 1.165) is 16.3 Å². The Kier molecular flexibility index (Phi) is 4.37. The van der Waals surface area contributed by atoms with E-state index in [0.29, 0.717) is 16.3 Å². The smallest absolute Gasteiger partial charge is 0.196 e. The fourth-order valence-electron chi connectivity index (χ4n) is 3.31. The van der Waals surface area contributed by atoms with E-state index < -0.39 is 0 Å². The average Bonchev–Trinajstić information content (AvgIpc) is 2.97. The van der Waals surface area contributed by atoms with Crippen LogP contribution in [0.5, 0.6) is 0 Å². The molecule has 0 spiro atoms. The molecule has 26 heavy (non-hydrogen) atoms. The molecular formula is C20H17ClFN3S. The number of pyridine rings is 1. The number of benzene rings is 2. The van der Waals surface area contributed by atoms with Gasteiger partial charge in [-0.2, -0.15) is 0 Å². The first kappa shape index (κ1) is 17.3. The number of rotatable bonds is 3. The summed E-state index contributed by atoms with van der Waals surface area (Å²) in [5.74, 6) is 0.0957. The Balaban J connectivity index is 1.85. The lowest BCUT2D eigenvalue weighted by atomic mass is 10.0. The second-order valence-electron chi connectivity index (χ2n) is 6.47. The van der Waals surface area contributed by atoms with Crippen LogP contribution in [0, 0.1) is 26.6 Å². The van der Waals surface area contributed by atoms with E-state index in [1.165, 1.54) is 39.9 Å². The molecule has 2 aromatic carbocycles. The lowest BCUT2D eigenvalue weighted by Crippen LogP contribution is -1.97. The average molecular weight is 386 g/mol. The van der Waals surface area contributed by atoms with Crippen molar-refractivity contribution < 1.29 is 4.39 Å². The predicted molar refractivity (Wildman–Crippen MR) is 106 cm³/mol. The molecule has 0 aliphatic heterocycles. The van der Waals surface area contributed by atoms with E-state index in [-0.39, 0.29) is 5.82 Å². The van der Waals surface area contributed by atoms with Crippen LogP contribution in [0.25, 0.3) is 16.6 Å². The first-order valence-electron chi connectivity index (χ1n) is 8.27. The molecule has 0 aliphatic rings. The van der Waals surface area contributed by atoms with Crippen LogP contribution < -0.4 is 0 Å². The number of hydrogen-bond acceptors (Lipinski definition) is 3. The fourth-order valence-corrected chi connectivity index (χ4v) is 4.60. The van der Waals surface area contributed by atoms with Crippen LogP contribution in [0.15, 0.2) is 41.6 Å². The molecule has 2 aromatic heterocycles. The molecule has 0 unspecified atom stereocenters. The minimum absolute atomic E-state index is 0.300. The summed E-state index contributed by atoms with van der Waals surface area (Å²) in [6.45, 7) is 6.27. The molecule has 0 atom stereocenters. The monoisotopic (exact) mass is 385 g/mol. The van der Waals surface area contributed by atoms with E-state index in [4.69, 9.17) is 11.6 Å². The van der Waals surface area contributed by atoms with Crippen molar-refractivity contribution in [2.45, 2.75) is 31.7 Å². The summed E-state index contributed by atoms with van der Waals surface area (Å²) >= 11 is 7.59. The summed E-state index contributed by atoms with van der Waals surface area (Å²) in [4.78, 5) is 0. The van der Waals surface area contributed by atoms with Crippen molar-refractivity contribution in [2.24, 2.45) is 0 Å². The second-order valence-corrected chi connectivity index (χ2v) is 7.82. The molecule has 0 aliphatic carbocycles. The maximum absolute atomic E-state index is 14.1. The minimum atomic E-state index is -0.300. The van der Waals surface area contributed by atoms with Gasteiger partial charge in [0, 0.05) is 21.7 Å². The Morgan fingerprint density at radius 3 is 2.65 bits per heavy atom. The Labute approximate surface area is 160 Å². The summed E-state index contributed by atoms with van der Waals surface area (Å²) in [7, 11) is 0.